The average Bonchev–Trinajstić information content (AvgIpc) is 2.38. The molecule has 0 saturated heterocycles. The van der Waals surface area contributed by atoms with Crippen LogP contribution < -0.4 is 14.8 Å². The number of methoxy groups -OCH3 is 1. The summed E-state index contributed by atoms with van der Waals surface area (Å²) in [4.78, 5) is 0. The maximum Gasteiger partial charge on any atom is 0.127 e. The van der Waals surface area contributed by atoms with Crippen molar-refractivity contribution in [2.24, 2.45) is 5.92 Å². The summed E-state index contributed by atoms with van der Waals surface area (Å²) in [7, 11) is 1.68. The number of benzene rings is 1. The highest BCUT2D eigenvalue weighted by molar-refractivity contribution is 5.42. The second-order valence-corrected chi connectivity index (χ2v) is 5.21. The van der Waals surface area contributed by atoms with Crippen LogP contribution in [0, 0.1) is 5.92 Å². The van der Waals surface area contributed by atoms with Crippen molar-refractivity contribution in [1.29, 1.82) is 0 Å². The van der Waals surface area contributed by atoms with Crippen LogP contribution in [0.25, 0.3) is 0 Å². The minimum Gasteiger partial charge on any atom is -0.497 e. The zero-order valence-electron chi connectivity index (χ0n) is 12.8. The molecule has 3 nitrogen and oxygen atoms in total. The Balaban J connectivity index is 2.82. The Bertz CT molecular complexity index is 377. The van der Waals surface area contributed by atoms with E-state index in [0.717, 1.165) is 31.1 Å². The summed E-state index contributed by atoms with van der Waals surface area (Å²) < 4.78 is 11.2. The van der Waals surface area contributed by atoms with E-state index in [0.29, 0.717) is 5.92 Å². The van der Waals surface area contributed by atoms with Crippen molar-refractivity contribution in [3.63, 3.8) is 0 Å². The first kappa shape index (κ1) is 15.8. The molecule has 0 spiro atoms. The van der Waals surface area contributed by atoms with E-state index in [1.807, 2.05) is 12.1 Å². The number of nitrogens with one attached hydrogen (secondary N) is 1. The Morgan fingerprint density at radius 2 is 1.95 bits per heavy atom. The molecule has 3 heteroatoms. The fraction of sp³-hybridized carbons (Fsp3) is 0.625. The number of ether oxygens (including phenoxy) is 2. The lowest BCUT2D eigenvalue weighted by Crippen LogP contribution is -2.18. The van der Waals surface area contributed by atoms with Gasteiger partial charge in [0, 0.05) is 17.7 Å². The molecule has 1 rings (SSSR count). The molecule has 1 aromatic rings. The van der Waals surface area contributed by atoms with Crippen LogP contribution in [-0.4, -0.2) is 20.3 Å². The van der Waals surface area contributed by atoms with Crippen LogP contribution >= 0.6 is 0 Å². The van der Waals surface area contributed by atoms with Gasteiger partial charge in [-0.1, -0.05) is 26.8 Å². The summed E-state index contributed by atoms with van der Waals surface area (Å²) in [6.45, 7) is 10.4. The maximum absolute atomic E-state index is 5.94. The Kier molecular flexibility index (Phi) is 6.71. The highest BCUT2D eigenvalue weighted by Crippen LogP contribution is 2.29. The van der Waals surface area contributed by atoms with Gasteiger partial charge in [0.25, 0.3) is 0 Å². The molecule has 0 heterocycles. The summed E-state index contributed by atoms with van der Waals surface area (Å²) in [5.74, 6) is 2.42. The van der Waals surface area contributed by atoms with Crippen LogP contribution in [0.2, 0.25) is 0 Å². The van der Waals surface area contributed by atoms with Crippen LogP contribution in [0.5, 0.6) is 11.5 Å². The van der Waals surface area contributed by atoms with Gasteiger partial charge in [-0.05, 0) is 31.9 Å². The molecule has 0 fully saturated rings. The molecule has 0 aromatic heterocycles. The molecule has 0 saturated carbocycles. The second-order valence-electron chi connectivity index (χ2n) is 5.21. The molecule has 0 radical (unpaired) electrons. The molecule has 0 amide bonds. The monoisotopic (exact) mass is 265 g/mol. The van der Waals surface area contributed by atoms with Crippen molar-refractivity contribution < 1.29 is 9.47 Å². The predicted octanol–water partition coefficient (Wildman–Crippen LogP) is 3.79. The van der Waals surface area contributed by atoms with Gasteiger partial charge in [0.1, 0.15) is 11.5 Å². The third-order valence-corrected chi connectivity index (χ3v) is 3.15. The topological polar surface area (TPSA) is 30.5 Å². The van der Waals surface area contributed by atoms with Gasteiger partial charge in [0.2, 0.25) is 0 Å². The van der Waals surface area contributed by atoms with E-state index in [-0.39, 0.29) is 6.04 Å². The third-order valence-electron chi connectivity index (χ3n) is 3.15. The van der Waals surface area contributed by atoms with Gasteiger partial charge in [-0.25, -0.2) is 0 Å². The molecule has 0 aliphatic heterocycles. The van der Waals surface area contributed by atoms with E-state index < -0.39 is 0 Å². The van der Waals surface area contributed by atoms with E-state index in [4.69, 9.17) is 9.47 Å². The van der Waals surface area contributed by atoms with Crippen molar-refractivity contribution in [3.05, 3.63) is 23.8 Å². The van der Waals surface area contributed by atoms with Crippen LogP contribution in [0.3, 0.4) is 0 Å². The number of hydrogen-bond donors (Lipinski definition) is 1. The first-order chi connectivity index (χ1) is 9.08. The SMILES string of the molecule is CCNC(C)c1ccc(OC)cc1OCCC(C)C. The largest absolute Gasteiger partial charge is 0.497 e. The highest BCUT2D eigenvalue weighted by Gasteiger charge is 2.12. The van der Waals surface area contributed by atoms with E-state index in [1.54, 1.807) is 7.11 Å². The normalized spacial score (nSPS) is 12.5. The van der Waals surface area contributed by atoms with Crippen molar-refractivity contribution >= 4 is 0 Å². The van der Waals surface area contributed by atoms with E-state index in [9.17, 15) is 0 Å². The summed E-state index contributed by atoms with van der Waals surface area (Å²) in [6.07, 6.45) is 1.06. The molecule has 19 heavy (non-hydrogen) atoms. The molecule has 0 aliphatic rings. The maximum atomic E-state index is 5.94. The lowest BCUT2D eigenvalue weighted by atomic mass is 10.1. The second kappa shape index (κ2) is 8.05. The molecular formula is C16H27NO2. The minimum absolute atomic E-state index is 0.282. The minimum atomic E-state index is 0.282. The van der Waals surface area contributed by atoms with Gasteiger partial charge in [-0.15, -0.1) is 0 Å². The molecule has 0 bridgehead atoms. The molecule has 1 aromatic carbocycles. The van der Waals surface area contributed by atoms with E-state index >= 15 is 0 Å². The van der Waals surface area contributed by atoms with Gasteiger partial charge in [0.15, 0.2) is 0 Å². The third kappa shape index (κ3) is 5.11. The molecule has 108 valence electrons. The molecular weight excluding hydrogens is 238 g/mol. The molecule has 1 atom stereocenters. The van der Waals surface area contributed by atoms with Crippen molar-refractivity contribution in [2.75, 3.05) is 20.3 Å². The van der Waals surface area contributed by atoms with Gasteiger partial charge >= 0.3 is 0 Å². The van der Waals surface area contributed by atoms with Gasteiger partial charge in [-0.2, -0.15) is 0 Å². The van der Waals surface area contributed by atoms with Gasteiger partial charge in [-0.3, -0.25) is 0 Å². The Labute approximate surface area is 117 Å². The van der Waals surface area contributed by atoms with Crippen molar-refractivity contribution in [3.8, 4) is 11.5 Å². The smallest absolute Gasteiger partial charge is 0.127 e. The van der Waals surface area contributed by atoms with Gasteiger partial charge < -0.3 is 14.8 Å². The van der Waals surface area contributed by atoms with Crippen molar-refractivity contribution in [2.45, 2.75) is 40.2 Å². The first-order valence-electron chi connectivity index (χ1n) is 7.12. The highest BCUT2D eigenvalue weighted by atomic mass is 16.5. The molecule has 1 N–H and O–H groups in total. The summed E-state index contributed by atoms with van der Waals surface area (Å²) in [5.41, 5.74) is 1.19. The van der Waals surface area contributed by atoms with E-state index in [2.05, 4.69) is 39.1 Å². The van der Waals surface area contributed by atoms with Gasteiger partial charge in [0.05, 0.1) is 13.7 Å². The fourth-order valence-corrected chi connectivity index (χ4v) is 1.95. The predicted molar refractivity (Wildman–Crippen MR) is 80.0 cm³/mol. The Morgan fingerprint density at radius 1 is 1.21 bits per heavy atom. The fourth-order valence-electron chi connectivity index (χ4n) is 1.95. The molecule has 1 unspecified atom stereocenters. The first-order valence-corrected chi connectivity index (χ1v) is 7.12. The Morgan fingerprint density at radius 3 is 2.53 bits per heavy atom. The van der Waals surface area contributed by atoms with Crippen LogP contribution in [0.4, 0.5) is 0 Å². The summed E-state index contributed by atoms with van der Waals surface area (Å²) >= 11 is 0. The quantitative estimate of drug-likeness (QED) is 0.775. The standard InChI is InChI=1S/C16H27NO2/c1-6-17-13(4)15-8-7-14(18-5)11-16(15)19-10-9-12(2)3/h7-8,11-13,17H,6,9-10H2,1-5H3. The van der Waals surface area contributed by atoms with Crippen molar-refractivity contribution in [1.82, 2.24) is 5.32 Å². The Hall–Kier alpha value is -1.22. The zero-order valence-corrected chi connectivity index (χ0v) is 12.8. The lowest BCUT2D eigenvalue weighted by molar-refractivity contribution is 0.282. The molecule has 0 aliphatic carbocycles. The van der Waals surface area contributed by atoms with Crippen LogP contribution in [0.1, 0.15) is 45.7 Å². The van der Waals surface area contributed by atoms with Crippen LogP contribution in [-0.2, 0) is 0 Å². The van der Waals surface area contributed by atoms with E-state index in [1.165, 1.54) is 5.56 Å². The average molecular weight is 265 g/mol. The number of rotatable bonds is 8. The summed E-state index contributed by atoms with van der Waals surface area (Å²) in [6, 6.07) is 6.32. The lowest BCUT2D eigenvalue weighted by Gasteiger charge is -2.19. The summed E-state index contributed by atoms with van der Waals surface area (Å²) in [5, 5.41) is 3.42. The number of hydrogen-bond acceptors (Lipinski definition) is 3. The zero-order chi connectivity index (χ0) is 14.3. The van der Waals surface area contributed by atoms with Crippen LogP contribution in [0.15, 0.2) is 18.2 Å².